The summed E-state index contributed by atoms with van der Waals surface area (Å²) in [6.07, 6.45) is 18.1. The highest BCUT2D eigenvalue weighted by atomic mass is 32.2. The van der Waals surface area contributed by atoms with Gasteiger partial charge in [0.25, 0.3) is 6.29 Å². The Morgan fingerprint density at radius 2 is 2.24 bits per heavy atom. The third-order valence-corrected chi connectivity index (χ3v) is 9.98. The lowest BCUT2D eigenvalue weighted by Gasteiger charge is -2.35. The van der Waals surface area contributed by atoms with Crippen molar-refractivity contribution in [2.75, 3.05) is 12.4 Å². The molecule has 1 saturated carbocycles. The fourth-order valence-corrected chi connectivity index (χ4v) is 7.52. The van der Waals surface area contributed by atoms with Crippen LogP contribution < -0.4 is 5.32 Å². The van der Waals surface area contributed by atoms with E-state index in [1.807, 2.05) is 11.7 Å². The molecule has 2 heterocycles. The summed E-state index contributed by atoms with van der Waals surface area (Å²) in [6, 6.07) is 0. The van der Waals surface area contributed by atoms with Crippen molar-refractivity contribution in [2.45, 2.75) is 114 Å². The van der Waals surface area contributed by atoms with Gasteiger partial charge in [0.1, 0.15) is 4.20 Å². The number of nitrogens with one attached hydrogen (secondary N) is 1. The Balaban J connectivity index is 1.50. The number of thioether (sulfide) groups is 2. The molecule has 6 atom stereocenters. The Hall–Kier alpha value is -0.470. The third kappa shape index (κ3) is 8.58. The van der Waals surface area contributed by atoms with Crippen LogP contribution in [0.4, 0.5) is 0 Å². The Labute approximate surface area is 215 Å². The Kier molecular flexibility index (Phi) is 11.4. The summed E-state index contributed by atoms with van der Waals surface area (Å²) in [5, 5.41) is 15.7. The van der Waals surface area contributed by atoms with Gasteiger partial charge in [-0.15, -0.1) is 11.8 Å². The molecule has 1 saturated heterocycles. The molecule has 0 aromatic rings. The molecule has 5 nitrogen and oxygen atoms in total. The van der Waals surface area contributed by atoms with Gasteiger partial charge in [-0.05, 0) is 82.8 Å². The maximum Gasteiger partial charge on any atom is 0.251 e. The molecule has 0 aromatic carbocycles. The van der Waals surface area contributed by atoms with Crippen molar-refractivity contribution in [3.63, 3.8) is 0 Å². The topological polar surface area (TPSA) is 67.8 Å². The van der Waals surface area contributed by atoms with Crippen molar-refractivity contribution in [2.24, 2.45) is 11.8 Å². The lowest BCUT2D eigenvalue weighted by atomic mass is 9.89. The predicted molar refractivity (Wildman–Crippen MR) is 143 cm³/mol. The summed E-state index contributed by atoms with van der Waals surface area (Å²) in [4.78, 5) is 10.9. The summed E-state index contributed by atoms with van der Waals surface area (Å²) in [5.74, 6) is 1.65. The van der Waals surface area contributed by atoms with Gasteiger partial charge in [0, 0.05) is 12.0 Å². The summed E-state index contributed by atoms with van der Waals surface area (Å²) in [7, 11) is 0. The number of hydrogen-bond donors (Lipinski definition) is 2. The van der Waals surface area contributed by atoms with E-state index >= 15 is 0 Å². The van der Waals surface area contributed by atoms with E-state index in [9.17, 15) is 9.90 Å². The van der Waals surface area contributed by atoms with Crippen LogP contribution in [0.2, 0.25) is 0 Å². The maximum atomic E-state index is 10.9. The first-order chi connectivity index (χ1) is 16.4. The lowest BCUT2D eigenvalue weighted by Crippen LogP contribution is -2.36. The van der Waals surface area contributed by atoms with Crippen molar-refractivity contribution in [3.8, 4) is 0 Å². The summed E-state index contributed by atoms with van der Waals surface area (Å²) >= 11 is 3.43. The van der Waals surface area contributed by atoms with Crippen molar-refractivity contribution >= 4 is 29.8 Å². The fourth-order valence-electron chi connectivity index (χ4n) is 5.28. The van der Waals surface area contributed by atoms with Gasteiger partial charge in [0.15, 0.2) is 6.29 Å². The van der Waals surface area contributed by atoms with Crippen LogP contribution >= 0.6 is 23.5 Å². The molecule has 0 bridgehead atoms. The Morgan fingerprint density at radius 1 is 1.38 bits per heavy atom. The standard InChI is InChI=1S/C27H44NO4S2/c1-4-5-7-15-26(2,32-25-11-6-8-17-31-25)16-9-10-21-12-13-24(30)23(21)14-18-33-27(3)28-22(19-29)20-34-27/h9-10,20-21,23-25,28,30H,4-8,11-18H2,1-3H3/b10-9+/t21-,23+,24-,25?,26?,27?/m0/s1. The zero-order chi connectivity index (χ0) is 24.4. The molecule has 1 radical (unpaired) electrons. The lowest BCUT2D eigenvalue weighted by molar-refractivity contribution is -0.221. The van der Waals surface area contributed by atoms with E-state index in [0.717, 1.165) is 57.3 Å². The summed E-state index contributed by atoms with van der Waals surface area (Å²) in [5.41, 5.74) is 0.334. The number of rotatable bonds is 14. The molecule has 2 aliphatic heterocycles. The molecule has 7 heteroatoms. The molecule has 2 fully saturated rings. The number of ether oxygens (including phenoxy) is 2. The average Bonchev–Trinajstić information content (AvgIpc) is 3.37. The molecule has 3 rings (SSSR count). The van der Waals surface area contributed by atoms with Gasteiger partial charge < -0.3 is 19.9 Å². The molecular weight excluding hydrogens is 466 g/mol. The fraction of sp³-hybridized carbons (Fsp3) is 0.815. The number of carbonyl (C=O) groups excluding carboxylic acids is 1. The first kappa shape index (κ1) is 28.1. The van der Waals surface area contributed by atoms with Crippen LogP contribution in [0.25, 0.3) is 0 Å². The van der Waals surface area contributed by atoms with Gasteiger partial charge in [-0.1, -0.05) is 50.1 Å². The SMILES string of the molecule is CCCCCC(C)(C/C=C/[C@H]1CC[C@H](O)[C@@H]1CCSC1(C)NC([C]=O)=CS1)OC1CCCCO1. The highest BCUT2D eigenvalue weighted by molar-refractivity contribution is 8.19. The van der Waals surface area contributed by atoms with Crippen LogP contribution in [0.15, 0.2) is 23.3 Å². The molecule has 2 N–H and O–H groups in total. The van der Waals surface area contributed by atoms with Gasteiger partial charge in [-0.3, -0.25) is 4.79 Å². The molecule has 3 aliphatic rings. The number of unbranched alkanes of at least 4 members (excludes halogenated alkanes) is 2. The van der Waals surface area contributed by atoms with Crippen LogP contribution in [-0.4, -0.2) is 46.0 Å². The van der Waals surface area contributed by atoms with Gasteiger partial charge in [-0.25, -0.2) is 0 Å². The Bertz CT molecular complexity index is 696. The van der Waals surface area contributed by atoms with E-state index in [0.29, 0.717) is 11.6 Å². The molecule has 0 spiro atoms. The van der Waals surface area contributed by atoms with Gasteiger partial charge >= 0.3 is 0 Å². The predicted octanol–water partition coefficient (Wildman–Crippen LogP) is 6.29. The second-order valence-electron chi connectivity index (χ2n) is 10.4. The van der Waals surface area contributed by atoms with Crippen molar-refractivity contribution in [1.82, 2.24) is 5.32 Å². The smallest absolute Gasteiger partial charge is 0.251 e. The first-order valence-electron chi connectivity index (χ1n) is 13.2. The molecule has 3 unspecified atom stereocenters. The zero-order valence-electron chi connectivity index (χ0n) is 21.2. The van der Waals surface area contributed by atoms with Crippen molar-refractivity contribution in [3.05, 3.63) is 23.3 Å². The van der Waals surface area contributed by atoms with Crippen LogP contribution in [0.5, 0.6) is 0 Å². The average molecular weight is 511 g/mol. The number of aliphatic hydroxyl groups excluding tert-OH is 1. The van der Waals surface area contributed by atoms with E-state index in [2.05, 4.69) is 38.2 Å². The largest absolute Gasteiger partial charge is 0.393 e. The minimum absolute atomic E-state index is 0.0675. The minimum atomic E-state index is -0.230. The second kappa shape index (κ2) is 13.7. The quantitative estimate of drug-likeness (QED) is 0.210. The number of aliphatic hydroxyl groups is 1. The van der Waals surface area contributed by atoms with Gasteiger partial charge in [0.05, 0.1) is 17.4 Å². The van der Waals surface area contributed by atoms with Crippen LogP contribution in [0.3, 0.4) is 0 Å². The number of allylic oxidation sites excluding steroid dienone is 2. The molecule has 193 valence electrons. The van der Waals surface area contributed by atoms with E-state index < -0.39 is 0 Å². The normalized spacial score (nSPS) is 33.6. The highest BCUT2D eigenvalue weighted by Gasteiger charge is 2.36. The highest BCUT2D eigenvalue weighted by Crippen LogP contribution is 2.43. The van der Waals surface area contributed by atoms with Crippen LogP contribution in [0.1, 0.15) is 91.4 Å². The minimum Gasteiger partial charge on any atom is -0.393 e. The van der Waals surface area contributed by atoms with E-state index in [1.165, 1.54) is 25.7 Å². The summed E-state index contributed by atoms with van der Waals surface area (Å²) < 4.78 is 12.2. The maximum absolute atomic E-state index is 10.9. The molecule has 0 amide bonds. The van der Waals surface area contributed by atoms with Gasteiger partial charge in [0.2, 0.25) is 0 Å². The Morgan fingerprint density at radius 3 is 2.94 bits per heavy atom. The van der Waals surface area contributed by atoms with Gasteiger partial charge in [-0.2, -0.15) is 0 Å². The molecule has 0 aromatic heterocycles. The first-order valence-corrected chi connectivity index (χ1v) is 15.1. The van der Waals surface area contributed by atoms with Crippen molar-refractivity contribution in [1.29, 1.82) is 0 Å². The van der Waals surface area contributed by atoms with E-state index in [1.54, 1.807) is 23.5 Å². The second-order valence-corrected chi connectivity index (χ2v) is 13.4. The molecule has 1 aliphatic carbocycles. The van der Waals surface area contributed by atoms with Crippen molar-refractivity contribution < 1.29 is 19.4 Å². The zero-order valence-corrected chi connectivity index (χ0v) is 22.9. The molecular formula is C27H44NO4S2. The third-order valence-electron chi connectivity index (χ3n) is 7.34. The monoisotopic (exact) mass is 510 g/mol. The number of hydrogen-bond acceptors (Lipinski definition) is 7. The molecule has 34 heavy (non-hydrogen) atoms. The van der Waals surface area contributed by atoms with Crippen LogP contribution in [0, 0.1) is 11.8 Å². The van der Waals surface area contributed by atoms with E-state index in [-0.39, 0.29) is 28.1 Å². The summed E-state index contributed by atoms with van der Waals surface area (Å²) in [6.45, 7) is 7.39. The van der Waals surface area contributed by atoms with Crippen LogP contribution in [-0.2, 0) is 14.3 Å². The van der Waals surface area contributed by atoms with E-state index in [4.69, 9.17) is 9.47 Å².